The molecule has 5 heteroatoms. The molecule has 0 amide bonds. The highest BCUT2D eigenvalue weighted by molar-refractivity contribution is 6.30. The van der Waals surface area contributed by atoms with E-state index in [9.17, 15) is 5.11 Å². The quantitative estimate of drug-likeness (QED) is 0.850. The second-order valence-corrected chi connectivity index (χ2v) is 4.45. The van der Waals surface area contributed by atoms with E-state index in [4.69, 9.17) is 22.1 Å². The molecule has 0 aliphatic carbocycles. The monoisotopic (exact) mass is 242 g/mol. The minimum absolute atomic E-state index is 0.119. The molecule has 2 atom stereocenters. The maximum Gasteiger partial charge on any atom is 0.129 e. The number of aliphatic hydroxyl groups excluding tert-OH is 1. The molecule has 0 spiro atoms. The summed E-state index contributed by atoms with van der Waals surface area (Å²) < 4.78 is 5.46. The Labute approximate surface area is 99.4 Å². The summed E-state index contributed by atoms with van der Waals surface area (Å²) in [5, 5.41) is 10.5. The second kappa shape index (κ2) is 4.99. The molecule has 2 heterocycles. The minimum Gasteiger partial charge on any atom is -0.388 e. The number of aromatic nitrogens is 1. The molecule has 3 N–H and O–H groups in total. The third kappa shape index (κ3) is 2.64. The molecule has 0 saturated carbocycles. The number of nitrogens with zero attached hydrogens (tertiary/aromatic N) is 1. The summed E-state index contributed by atoms with van der Waals surface area (Å²) in [5.41, 5.74) is 6.28. The molecular weight excluding hydrogens is 228 g/mol. The van der Waals surface area contributed by atoms with Crippen molar-refractivity contribution in [3.8, 4) is 0 Å². The van der Waals surface area contributed by atoms with Crippen LogP contribution in [-0.2, 0) is 4.74 Å². The van der Waals surface area contributed by atoms with Crippen molar-refractivity contribution in [2.45, 2.75) is 31.5 Å². The molecule has 1 aromatic heterocycles. The van der Waals surface area contributed by atoms with E-state index in [0.29, 0.717) is 22.8 Å². The third-order valence-electron chi connectivity index (χ3n) is 2.79. The number of nitrogens with two attached hydrogens (primary N) is 1. The molecule has 16 heavy (non-hydrogen) atoms. The minimum atomic E-state index is -0.658. The average Bonchev–Trinajstić information content (AvgIpc) is 2.74. The second-order valence-electron chi connectivity index (χ2n) is 4.01. The molecule has 4 nitrogen and oxygen atoms in total. The first-order valence-electron chi connectivity index (χ1n) is 5.37. The fraction of sp³-hybridized carbons (Fsp3) is 0.545. The summed E-state index contributed by atoms with van der Waals surface area (Å²) in [7, 11) is 0. The Hall–Kier alpha value is -0.840. The van der Waals surface area contributed by atoms with Crippen molar-refractivity contribution in [1.29, 1.82) is 0 Å². The Morgan fingerprint density at radius 1 is 1.69 bits per heavy atom. The number of hydrogen-bond donors (Lipinski definition) is 2. The van der Waals surface area contributed by atoms with Gasteiger partial charge in [-0.05, 0) is 18.9 Å². The van der Waals surface area contributed by atoms with Crippen LogP contribution < -0.4 is 5.73 Å². The maximum atomic E-state index is 10.0. The van der Waals surface area contributed by atoms with Crippen LogP contribution in [0.1, 0.15) is 30.9 Å². The highest BCUT2D eigenvalue weighted by atomic mass is 35.5. The van der Waals surface area contributed by atoms with Gasteiger partial charge in [-0.2, -0.15) is 0 Å². The molecular formula is C11H15ClN2O2. The number of ether oxygens (including phenoxy) is 1. The van der Waals surface area contributed by atoms with Gasteiger partial charge in [-0.3, -0.25) is 0 Å². The van der Waals surface area contributed by atoms with E-state index < -0.39 is 6.10 Å². The lowest BCUT2D eigenvalue weighted by Crippen LogP contribution is -2.13. The number of rotatable bonds is 3. The van der Waals surface area contributed by atoms with Gasteiger partial charge >= 0.3 is 0 Å². The normalized spacial score (nSPS) is 22.2. The van der Waals surface area contributed by atoms with E-state index in [0.717, 1.165) is 19.4 Å². The van der Waals surface area contributed by atoms with Crippen molar-refractivity contribution in [3.05, 3.63) is 22.8 Å². The van der Waals surface area contributed by atoms with Crippen molar-refractivity contribution >= 4 is 17.4 Å². The zero-order valence-corrected chi connectivity index (χ0v) is 9.65. The molecule has 1 aromatic rings. The summed E-state index contributed by atoms with van der Waals surface area (Å²) in [4.78, 5) is 3.92. The van der Waals surface area contributed by atoms with Crippen molar-refractivity contribution in [3.63, 3.8) is 0 Å². The van der Waals surface area contributed by atoms with Gasteiger partial charge in [0.2, 0.25) is 0 Å². The van der Waals surface area contributed by atoms with Gasteiger partial charge in [0.1, 0.15) is 5.82 Å². The number of nitrogen functional groups attached to an aromatic ring is 1. The first-order valence-corrected chi connectivity index (χ1v) is 5.75. The van der Waals surface area contributed by atoms with Gasteiger partial charge in [-0.25, -0.2) is 4.98 Å². The van der Waals surface area contributed by atoms with Gasteiger partial charge < -0.3 is 15.6 Å². The first-order chi connectivity index (χ1) is 7.66. The van der Waals surface area contributed by atoms with E-state index in [1.807, 2.05) is 0 Å². The summed E-state index contributed by atoms with van der Waals surface area (Å²) in [6, 6.07) is 1.66. The van der Waals surface area contributed by atoms with Gasteiger partial charge in [0.05, 0.1) is 17.2 Å². The Bertz CT molecular complexity index is 367. The van der Waals surface area contributed by atoms with Crippen molar-refractivity contribution in [2.24, 2.45) is 0 Å². The lowest BCUT2D eigenvalue weighted by Gasteiger charge is -2.16. The van der Waals surface area contributed by atoms with Crippen LogP contribution >= 0.6 is 11.6 Å². The third-order valence-corrected chi connectivity index (χ3v) is 2.99. The number of aliphatic hydroxyl groups is 1. The van der Waals surface area contributed by atoms with E-state index in [1.165, 1.54) is 6.20 Å². The topological polar surface area (TPSA) is 68.4 Å². The Morgan fingerprint density at radius 2 is 2.50 bits per heavy atom. The van der Waals surface area contributed by atoms with Crippen molar-refractivity contribution < 1.29 is 9.84 Å². The van der Waals surface area contributed by atoms with Gasteiger partial charge in [0, 0.05) is 24.8 Å². The SMILES string of the molecule is Nc1ncc(Cl)cc1C(O)CC1CCCO1. The molecule has 88 valence electrons. The number of hydrogen-bond acceptors (Lipinski definition) is 4. The summed E-state index contributed by atoms with van der Waals surface area (Å²) in [5.74, 6) is 0.329. The molecule has 0 bridgehead atoms. The van der Waals surface area contributed by atoms with E-state index in [-0.39, 0.29) is 6.10 Å². The lowest BCUT2D eigenvalue weighted by molar-refractivity contribution is 0.0537. The average molecular weight is 243 g/mol. The van der Waals surface area contributed by atoms with Crippen LogP contribution in [0.15, 0.2) is 12.3 Å². The lowest BCUT2D eigenvalue weighted by atomic mass is 10.0. The van der Waals surface area contributed by atoms with Crippen molar-refractivity contribution in [2.75, 3.05) is 12.3 Å². The Kier molecular flexibility index (Phi) is 3.63. The number of halogens is 1. The standard InChI is InChI=1S/C11H15ClN2O2/c12-7-4-9(11(13)14-6-7)10(15)5-8-2-1-3-16-8/h4,6,8,10,15H,1-3,5H2,(H2,13,14). The summed E-state index contributed by atoms with van der Waals surface area (Å²) in [6.07, 6.45) is 3.53. The highest BCUT2D eigenvalue weighted by Gasteiger charge is 2.22. The fourth-order valence-electron chi connectivity index (χ4n) is 1.94. The molecule has 2 unspecified atom stereocenters. The van der Waals surface area contributed by atoms with Gasteiger partial charge in [-0.1, -0.05) is 11.6 Å². The predicted molar refractivity (Wildman–Crippen MR) is 62.2 cm³/mol. The Morgan fingerprint density at radius 3 is 3.19 bits per heavy atom. The van der Waals surface area contributed by atoms with E-state index in [2.05, 4.69) is 4.98 Å². The van der Waals surface area contributed by atoms with Crippen LogP contribution in [0, 0.1) is 0 Å². The van der Waals surface area contributed by atoms with E-state index >= 15 is 0 Å². The van der Waals surface area contributed by atoms with Crippen LogP contribution in [0.25, 0.3) is 0 Å². The smallest absolute Gasteiger partial charge is 0.129 e. The summed E-state index contributed by atoms with van der Waals surface area (Å²) in [6.45, 7) is 0.778. The first kappa shape index (κ1) is 11.6. The summed E-state index contributed by atoms with van der Waals surface area (Å²) >= 11 is 5.82. The largest absolute Gasteiger partial charge is 0.388 e. The van der Waals surface area contributed by atoms with Gasteiger partial charge in [0.25, 0.3) is 0 Å². The number of anilines is 1. The molecule has 1 fully saturated rings. The van der Waals surface area contributed by atoms with E-state index in [1.54, 1.807) is 6.07 Å². The van der Waals surface area contributed by atoms with Crippen LogP contribution in [0.4, 0.5) is 5.82 Å². The molecule has 1 aliphatic rings. The maximum absolute atomic E-state index is 10.0. The van der Waals surface area contributed by atoms with Crippen LogP contribution in [0.2, 0.25) is 5.02 Å². The van der Waals surface area contributed by atoms with Crippen LogP contribution in [0.5, 0.6) is 0 Å². The molecule has 0 aromatic carbocycles. The van der Waals surface area contributed by atoms with Gasteiger partial charge in [0.15, 0.2) is 0 Å². The fourth-order valence-corrected chi connectivity index (χ4v) is 2.10. The molecule has 1 aliphatic heterocycles. The molecule has 0 radical (unpaired) electrons. The van der Waals surface area contributed by atoms with Crippen molar-refractivity contribution in [1.82, 2.24) is 4.98 Å². The van der Waals surface area contributed by atoms with Crippen LogP contribution in [-0.4, -0.2) is 22.8 Å². The molecule has 2 rings (SSSR count). The Balaban J connectivity index is 2.07. The highest BCUT2D eigenvalue weighted by Crippen LogP contribution is 2.28. The van der Waals surface area contributed by atoms with Gasteiger partial charge in [-0.15, -0.1) is 0 Å². The number of pyridine rings is 1. The predicted octanol–water partition coefficient (Wildman–Crippen LogP) is 1.92. The zero-order valence-electron chi connectivity index (χ0n) is 8.90. The zero-order chi connectivity index (χ0) is 11.5. The molecule has 1 saturated heterocycles. The van der Waals surface area contributed by atoms with Crippen LogP contribution in [0.3, 0.4) is 0 Å².